The maximum absolute atomic E-state index is 10.9. The zero-order chi connectivity index (χ0) is 16.5. The lowest BCUT2D eigenvalue weighted by Gasteiger charge is -2.02. The monoisotopic (exact) mass is 322 g/mol. The van der Waals surface area contributed by atoms with Crippen molar-refractivity contribution in [2.75, 3.05) is 0 Å². The van der Waals surface area contributed by atoms with E-state index in [-0.39, 0.29) is 5.69 Å². The molecular weight excluding hydrogens is 312 g/mol. The van der Waals surface area contributed by atoms with Gasteiger partial charge >= 0.3 is 0 Å². The molecule has 0 amide bonds. The largest absolute Gasteiger partial charge is 0.276 e. The van der Waals surface area contributed by atoms with Crippen LogP contribution in [-0.4, -0.2) is 40.1 Å². The van der Waals surface area contributed by atoms with Gasteiger partial charge in [-0.15, -0.1) is 5.10 Å². The molecule has 10 nitrogen and oxygen atoms in total. The van der Waals surface area contributed by atoms with Crippen LogP contribution in [0.3, 0.4) is 0 Å². The number of aromatic amines is 1. The molecule has 0 saturated heterocycles. The zero-order valence-corrected chi connectivity index (χ0v) is 12.2. The number of benzene rings is 1. The maximum Gasteiger partial charge on any atom is 0.269 e. The van der Waals surface area contributed by atoms with Crippen LogP contribution in [0.1, 0.15) is 5.56 Å². The molecule has 0 aliphatic carbocycles. The standard InChI is InChI=1S/C14H10N8O2/c23-22(24)10-3-1-2-9(6-10)7-21-14-13(19-20-21)12(15-8-16-14)11-4-5-17-18-11/h1-6,8H,7H2,(H,17,18). The van der Waals surface area contributed by atoms with Gasteiger partial charge in [-0.3, -0.25) is 15.2 Å². The Bertz CT molecular complexity index is 1020. The van der Waals surface area contributed by atoms with E-state index in [1.165, 1.54) is 18.5 Å². The van der Waals surface area contributed by atoms with Gasteiger partial charge in [0.15, 0.2) is 11.2 Å². The number of hydrogen-bond donors (Lipinski definition) is 1. The van der Waals surface area contributed by atoms with Crippen molar-refractivity contribution in [3.8, 4) is 11.4 Å². The summed E-state index contributed by atoms with van der Waals surface area (Å²) >= 11 is 0. The number of rotatable bonds is 4. The van der Waals surface area contributed by atoms with Crippen molar-refractivity contribution < 1.29 is 4.92 Å². The summed E-state index contributed by atoms with van der Waals surface area (Å²) in [6.45, 7) is 0.317. The molecule has 24 heavy (non-hydrogen) atoms. The minimum atomic E-state index is -0.429. The number of nitro groups is 1. The molecular formula is C14H10N8O2. The Kier molecular flexibility index (Phi) is 3.19. The van der Waals surface area contributed by atoms with Gasteiger partial charge in [-0.1, -0.05) is 17.3 Å². The summed E-state index contributed by atoms with van der Waals surface area (Å²) in [5.41, 5.74) is 3.16. The number of H-pyrrole nitrogens is 1. The summed E-state index contributed by atoms with van der Waals surface area (Å²) in [6.07, 6.45) is 3.04. The van der Waals surface area contributed by atoms with Crippen molar-refractivity contribution >= 4 is 16.9 Å². The number of nitro benzene ring substituents is 1. The van der Waals surface area contributed by atoms with E-state index in [0.717, 1.165) is 5.56 Å². The third-order valence-corrected chi connectivity index (χ3v) is 3.51. The lowest BCUT2D eigenvalue weighted by atomic mass is 10.2. The Morgan fingerprint density at radius 3 is 2.96 bits per heavy atom. The lowest BCUT2D eigenvalue weighted by molar-refractivity contribution is -0.384. The van der Waals surface area contributed by atoms with Crippen LogP contribution in [0.2, 0.25) is 0 Å². The summed E-state index contributed by atoms with van der Waals surface area (Å²) in [5.74, 6) is 0. The number of hydrogen-bond acceptors (Lipinski definition) is 7. The van der Waals surface area contributed by atoms with E-state index >= 15 is 0 Å². The molecule has 1 N–H and O–H groups in total. The Morgan fingerprint density at radius 2 is 2.17 bits per heavy atom. The molecule has 3 aromatic heterocycles. The van der Waals surface area contributed by atoms with Crippen molar-refractivity contribution in [3.05, 3.63) is 58.5 Å². The summed E-state index contributed by atoms with van der Waals surface area (Å²) < 4.78 is 1.58. The molecule has 0 aliphatic heterocycles. The molecule has 0 bridgehead atoms. The van der Waals surface area contributed by atoms with E-state index in [4.69, 9.17) is 0 Å². The highest BCUT2D eigenvalue weighted by Gasteiger charge is 2.15. The molecule has 4 rings (SSSR count). The van der Waals surface area contributed by atoms with Crippen molar-refractivity contribution in [3.63, 3.8) is 0 Å². The SMILES string of the molecule is O=[N+]([O-])c1cccc(Cn2nnc3c(-c4ccn[nH]4)ncnc32)c1. The van der Waals surface area contributed by atoms with Crippen LogP contribution in [0, 0.1) is 10.1 Å². The van der Waals surface area contributed by atoms with E-state index in [1.807, 2.05) is 0 Å². The van der Waals surface area contributed by atoms with Gasteiger partial charge in [0.05, 0.1) is 17.2 Å². The molecule has 0 saturated carbocycles. The molecule has 4 aromatic rings. The van der Waals surface area contributed by atoms with Crippen LogP contribution in [-0.2, 0) is 6.54 Å². The van der Waals surface area contributed by atoms with Crippen LogP contribution < -0.4 is 0 Å². The van der Waals surface area contributed by atoms with Crippen LogP contribution in [0.15, 0.2) is 42.9 Å². The molecule has 0 spiro atoms. The van der Waals surface area contributed by atoms with Gasteiger partial charge in [-0.05, 0) is 11.6 Å². The number of non-ortho nitro benzene ring substituents is 1. The van der Waals surface area contributed by atoms with E-state index in [0.29, 0.717) is 29.1 Å². The predicted octanol–water partition coefficient (Wildman–Crippen LogP) is 1.57. The average Bonchev–Trinajstić information content (AvgIpc) is 3.25. The normalized spacial score (nSPS) is 11.0. The van der Waals surface area contributed by atoms with Crippen LogP contribution in [0.25, 0.3) is 22.6 Å². The van der Waals surface area contributed by atoms with E-state index in [9.17, 15) is 10.1 Å². The fourth-order valence-corrected chi connectivity index (χ4v) is 2.42. The molecule has 3 heterocycles. The van der Waals surface area contributed by atoms with E-state index in [2.05, 4.69) is 30.5 Å². The predicted molar refractivity (Wildman–Crippen MR) is 82.9 cm³/mol. The first-order valence-electron chi connectivity index (χ1n) is 6.99. The highest BCUT2D eigenvalue weighted by molar-refractivity contribution is 5.84. The third kappa shape index (κ3) is 2.35. The first-order chi connectivity index (χ1) is 11.7. The summed E-state index contributed by atoms with van der Waals surface area (Å²) in [6, 6.07) is 8.16. The number of nitrogens with one attached hydrogen (secondary N) is 1. The topological polar surface area (TPSA) is 128 Å². The molecule has 0 fully saturated rings. The quantitative estimate of drug-likeness (QED) is 0.446. The highest BCUT2D eigenvalue weighted by Crippen LogP contribution is 2.22. The Balaban J connectivity index is 1.75. The molecule has 118 valence electrons. The van der Waals surface area contributed by atoms with Gasteiger partial charge < -0.3 is 0 Å². The first kappa shape index (κ1) is 13.9. The molecule has 0 aliphatic rings. The van der Waals surface area contributed by atoms with Crippen LogP contribution in [0.4, 0.5) is 5.69 Å². The first-order valence-corrected chi connectivity index (χ1v) is 6.99. The van der Waals surface area contributed by atoms with Crippen molar-refractivity contribution in [1.82, 2.24) is 35.2 Å². The van der Waals surface area contributed by atoms with Crippen LogP contribution >= 0.6 is 0 Å². The zero-order valence-electron chi connectivity index (χ0n) is 12.2. The fourth-order valence-electron chi connectivity index (χ4n) is 2.42. The van der Waals surface area contributed by atoms with E-state index in [1.54, 1.807) is 29.1 Å². The van der Waals surface area contributed by atoms with Crippen molar-refractivity contribution in [1.29, 1.82) is 0 Å². The fraction of sp³-hybridized carbons (Fsp3) is 0.0714. The van der Waals surface area contributed by atoms with Gasteiger partial charge in [-0.2, -0.15) is 5.10 Å². The van der Waals surface area contributed by atoms with E-state index < -0.39 is 4.92 Å². The molecule has 0 radical (unpaired) electrons. The lowest BCUT2D eigenvalue weighted by Crippen LogP contribution is -2.03. The number of aromatic nitrogens is 7. The van der Waals surface area contributed by atoms with Gasteiger partial charge in [0, 0.05) is 18.3 Å². The van der Waals surface area contributed by atoms with Crippen LogP contribution in [0.5, 0.6) is 0 Å². The Hall–Kier alpha value is -3.69. The average molecular weight is 322 g/mol. The highest BCUT2D eigenvalue weighted by atomic mass is 16.6. The number of fused-ring (bicyclic) bond motifs is 1. The molecule has 10 heteroatoms. The second kappa shape index (κ2) is 5.50. The molecule has 0 atom stereocenters. The molecule has 0 unspecified atom stereocenters. The summed E-state index contributed by atoms with van der Waals surface area (Å²) in [4.78, 5) is 18.9. The maximum atomic E-state index is 10.9. The number of nitrogens with zero attached hydrogens (tertiary/aromatic N) is 7. The Morgan fingerprint density at radius 1 is 1.25 bits per heavy atom. The third-order valence-electron chi connectivity index (χ3n) is 3.51. The van der Waals surface area contributed by atoms with Crippen molar-refractivity contribution in [2.45, 2.75) is 6.54 Å². The van der Waals surface area contributed by atoms with Gasteiger partial charge in [0.1, 0.15) is 12.0 Å². The van der Waals surface area contributed by atoms with Gasteiger partial charge in [-0.25, -0.2) is 14.6 Å². The van der Waals surface area contributed by atoms with Crippen molar-refractivity contribution in [2.24, 2.45) is 0 Å². The summed E-state index contributed by atoms with van der Waals surface area (Å²) in [5, 5.41) is 25.8. The van der Waals surface area contributed by atoms with Gasteiger partial charge in [0.25, 0.3) is 5.69 Å². The molecule has 1 aromatic carbocycles. The second-order valence-corrected chi connectivity index (χ2v) is 5.04. The minimum absolute atomic E-state index is 0.0321. The van der Waals surface area contributed by atoms with Gasteiger partial charge in [0.2, 0.25) is 0 Å². The summed E-state index contributed by atoms with van der Waals surface area (Å²) in [7, 11) is 0. The minimum Gasteiger partial charge on any atom is -0.276 e. The Labute approximate surface area is 134 Å². The smallest absolute Gasteiger partial charge is 0.269 e. The second-order valence-electron chi connectivity index (χ2n) is 5.04.